The maximum Gasteiger partial charge on any atom is 0.223 e. The molecular weight excluding hydrogens is 188 g/mol. The summed E-state index contributed by atoms with van der Waals surface area (Å²) in [6.07, 6.45) is 0. The molecular formula is C9H6ClN2O. The fourth-order valence-electron chi connectivity index (χ4n) is 0.993. The number of nitrogens with zero attached hydrogens (tertiary/aromatic N) is 2. The molecule has 13 heavy (non-hydrogen) atoms. The first kappa shape index (κ1) is 8.26. The summed E-state index contributed by atoms with van der Waals surface area (Å²) >= 11 is 5.76. The molecule has 0 spiro atoms. The van der Waals surface area contributed by atoms with Crippen molar-refractivity contribution in [3.63, 3.8) is 0 Å². The van der Waals surface area contributed by atoms with Crippen molar-refractivity contribution in [3.05, 3.63) is 35.2 Å². The second-order valence-corrected chi connectivity index (χ2v) is 2.97. The van der Waals surface area contributed by atoms with Gasteiger partial charge in [0.2, 0.25) is 11.7 Å². The van der Waals surface area contributed by atoms with E-state index in [0.29, 0.717) is 16.7 Å². The van der Waals surface area contributed by atoms with Gasteiger partial charge in [0.25, 0.3) is 0 Å². The lowest BCUT2D eigenvalue weighted by molar-refractivity contribution is 0.394. The van der Waals surface area contributed by atoms with Crippen LogP contribution in [-0.2, 0) is 0 Å². The van der Waals surface area contributed by atoms with Crippen molar-refractivity contribution in [2.24, 2.45) is 0 Å². The second kappa shape index (κ2) is 3.18. The Hall–Kier alpha value is -1.35. The van der Waals surface area contributed by atoms with Gasteiger partial charge in [-0.3, -0.25) is 0 Å². The molecule has 2 rings (SSSR count). The molecule has 0 amide bonds. The van der Waals surface area contributed by atoms with Gasteiger partial charge in [-0.25, -0.2) is 0 Å². The normalized spacial score (nSPS) is 10.3. The Morgan fingerprint density at radius 3 is 3.00 bits per heavy atom. The predicted octanol–water partition coefficient (Wildman–Crippen LogP) is 2.50. The van der Waals surface area contributed by atoms with Crippen molar-refractivity contribution in [1.82, 2.24) is 10.1 Å². The highest BCUT2D eigenvalue weighted by Crippen LogP contribution is 2.18. The van der Waals surface area contributed by atoms with Gasteiger partial charge in [-0.1, -0.05) is 28.9 Å². The molecule has 0 saturated heterocycles. The van der Waals surface area contributed by atoms with Crippen molar-refractivity contribution >= 4 is 11.6 Å². The van der Waals surface area contributed by atoms with E-state index in [1.165, 1.54) is 0 Å². The molecule has 0 aliphatic rings. The van der Waals surface area contributed by atoms with Gasteiger partial charge in [0.15, 0.2) is 0 Å². The number of benzene rings is 1. The summed E-state index contributed by atoms with van der Waals surface area (Å²) in [5, 5.41) is 4.31. The zero-order chi connectivity index (χ0) is 9.26. The quantitative estimate of drug-likeness (QED) is 0.699. The van der Waals surface area contributed by atoms with Crippen LogP contribution in [0.5, 0.6) is 0 Å². The number of hydrogen-bond acceptors (Lipinski definition) is 3. The van der Waals surface area contributed by atoms with Crippen LogP contribution in [0, 0.1) is 13.0 Å². The fourth-order valence-corrected chi connectivity index (χ4v) is 1.17. The number of rotatable bonds is 1. The Labute approximate surface area is 80.3 Å². The molecule has 1 aromatic heterocycles. The number of halogens is 1. The van der Waals surface area contributed by atoms with Gasteiger partial charge < -0.3 is 4.52 Å². The molecule has 0 aliphatic carbocycles. The van der Waals surface area contributed by atoms with Gasteiger partial charge >= 0.3 is 0 Å². The Morgan fingerprint density at radius 2 is 2.38 bits per heavy atom. The summed E-state index contributed by atoms with van der Waals surface area (Å²) in [6, 6.07) is 8.12. The van der Waals surface area contributed by atoms with Crippen LogP contribution in [0.25, 0.3) is 11.4 Å². The third-order valence-electron chi connectivity index (χ3n) is 1.55. The SMILES string of the molecule is Cc1nc(-c2cc[c]c(Cl)c2)no1. The Bertz CT molecular complexity index is 425. The minimum Gasteiger partial charge on any atom is -0.339 e. The minimum absolute atomic E-state index is 0.541. The summed E-state index contributed by atoms with van der Waals surface area (Å²) in [5.74, 6) is 1.09. The van der Waals surface area contributed by atoms with Gasteiger partial charge in [0.05, 0.1) is 0 Å². The van der Waals surface area contributed by atoms with Crippen LogP contribution in [0.15, 0.2) is 22.7 Å². The van der Waals surface area contributed by atoms with Gasteiger partial charge in [-0.05, 0) is 6.07 Å². The van der Waals surface area contributed by atoms with Gasteiger partial charge in [0.1, 0.15) is 0 Å². The third kappa shape index (κ3) is 1.70. The smallest absolute Gasteiger partial charge is 0.223 e. The average Bonchev–Trinajstić information content (AvgIpc) is 2.52. The van der Waals surface area contributed by atoms with E-state index in [4.69, 9.17) is 16.1 Å². The topological polar surface area (TPSA) is 38.9 Å². The van der Waals surface area contributed by atoms with Crippen LogP contribution in [0.2, 0.25) is 5.02 Å². The highest BCUT2D eigenvalue weighted by Gasteiger charge is 2.04. The molecule has 0 saturated carbocycles. The molecule has 1 aromatic carbocycles. The molecule has 65 valence electrons. The van der Waals surface area contributed by atoms with E-state index in [2.05, 4.69) is 16.2 Å². The van der Waals surface area contributed by atoms with Crippen molar-refractivity contribution in [3.8, 4) is 11.4 Å². The maximum atomic E-state index is 5.76. The number of hydrogen-bond donors (Lipinski definition) is 0. The van der Waals surface area contributed by atoms with E-state index >= 15 is 0 Å². The van der Waals surface area contributed by atoms with E-state index in [-0.39, 0.29) is 0 Å². The van der Waals surface area contributed by atoms with Crippen LogP contribution in [0.1, 0.15) is 5.89 Å². The van der Waals surface area contributed by atoms with Crippen molar-refractivity contribution in [1.29, 1.82) is 0 Å². The highest BCUT2D eigenvalue weighted by molar-refractivity contribution is 6.30. The molecule has 1 heterocycles. The first-order valence-electron chi connectivity index (χ1n) is 3.73. The lowest BCUT2D eigenvalue weighted by Crippen LogP contribution is -1.79. The summed E-state index contributed by atoms with van der Waals surface area (Å²) in [6.45, 7) is 1.74. The van der Waals surface area contributed by atoms with Gasteiger partial charge in [-0.2, -0.15) is 4.98 Å². The zero-order valence-corrected chi connectivity index (χ0v) is 7.67. The summed E-state index contributed by atoms with van der Waals surface area (Å²) in [5.41, 5.74) is 0.834. The molecule has 4 heteroatoms. The molecule has 0 fully saturated rings. The van der Waals surface area contributed by atoms with Crippen LogP contribution in [-0.4, -0.2) is 10.1 Å². The molecule has 0 atom stereocenters. The first-order chi connectivity index (χ1) is 6.25. The summed E-state index contributed by atoms with van der Waals surface area (Å²) < 4.78 is 4.84. The Balaban J connectivity index is 2.46. The van der Waals surface area contributed by atoms with Crippen LogP contribution < -0.4 is 0 Å². The number of aryl methyl sites for hydroxylation is 1. The molecule has 3 nitrogen and oxygen atoms in total. The zero-order valence-electron chi connectivity index (χ0n) is 6.91. The van der Waals surface area contributed by atoms with Crippen LogP contribution >= 0.6 is 11.6 Å². The first-order valence-corrected chi connectivity index (χ1v) is 4.11. The second-order valence-electron chi connectivity index (χ2n) is 2.56. The van der Waals surface area contributed by atoms with E-state index in [1.54, 1.807) is 19.1 Å². The average molecular weight is 194 g/mol. The molecule has 0 N–H and O–H groups in total. The molecule has 0 aliphatic heterocycles. The third-order valence-corrected chi connectivity index (χ3v) is 1.77. The molecule has 2 aromatic rings. The minimum atomic E-state index is 0.541. The van der Waals surface area contributed by atoms with E-state index in [1.807, 2.05) is 6.07 Å². The monoisotopic (exact) mass is 193 g/mol. The maximum absolute atomic E-state index is 5.76. The molecule has 0 bridgehead atoms. The fraction of sp³-hybridized carbons (Fsp3) is 0.111. The van der Waals surface area contributed by atoms with Gasteiger partial charge in [-0.15, -0.1) is 0 Å². The van der Waals surface area contributed by atoms with Gasteiger partial charge in [0, 0.05) is 23.6 Å². The predicted molar refractivity (Wildman–Crippen MR) is 48.3 cm³/mol. The lowest BCUT2D eigenvalue weighted by Gasteiger charge is -1.92. The van der Waals surface area contributed by atoms with E-state index < -0.39 is 0 Å². The highest BCUT2D eigenvalue weighted by atomic mass is 35.5. The molecule has 0 unspecified atom stereocenters. The number of aromatic nitrogens is 2. The van der Waals surface area contributed by atoms with Crippen molar-refractivity contribution < 1.29 is 4.52 Å². The van der Waals surface area contributed by atoms with Crippen LogP contribution in [0.4, 0.5) is 0 Å². The molecule has 1 radical (unpaired) electrons. The van der Waals surface area contributed by atoms with E-state index in [0.717, 1.165) is 5.56 Å². The van der Waals surface area contributed by atoms with E-state index in [9.17, 15) is 0 Å². The Kier molecular flexibility index (Phi) is 2.02. The largest absolute Gasteiger partial charge is 0.339 e. The van der Waals surface area contributed by atoms with Crippen LogP contribution in [0.3, 0.4) is 0 Å². The Morgan fingerprint density at radius 1 is 1.54 bits per heavy atom. The summed E-state index contributed by atoms with van der Waals surface area (Å²) in [7, 11) is 0. The standard InChI is InChI=1S/C9H6ClN2O/c1-6-11-9(12-13-6)7-3-2-4-8(10)5-7/h2-3,5H,1H3. The lowest BCUT2D eigenvalue weighted by atomic mass is 10.2. The van der Waals surface area contributed by atoms with Crippen molar-refractivity contribution in [2.75, 3.05) is 0 Å². The summed E-state index contributed by atoms with van der Waals surface area (Å²) in [4.78, 5) is 4.07. The van der Waals surface area contributed by atoms with Crippen molar-refractivity contribution in [2.45, 2.75) is 6.92 Å².